The van der Waals surface area contributed by atoms with Crippen LogP contribution in [0, 0.1) is 0 Å². The fourth-order valence-electron chi connectivity index (χ4n) is 5.22. The first-order valence-corrected chi connectivity index (χ1v) is 16.8. The molecule has 0 amide bonds. The number of unbranched alkanes of at least 4 members (excludes halogenated alkanes) is 28. The summed E-state index contributed by atoms with van der Waals surface area (Å²) in [6.07, 6.45) is 47.8. The van der Waals surface area contributed by atoms with Gasteiger partial charge in [0.25, 0.3) is 0 Å². The molecule has 0 unspecified atom stereocenters. The highest BCUT2D eigenvalue weighted by atomic mass is 14.5. The van der Waals surface area contributed by atoms with E-state index < -0.39 is 0 Å². The van der Waals surface area contributed by atoms with Gasteiger partial charge in [-0.1, -0.05) is 180 Å². The number of hydrogen-bond acceptors (Lipinski definition) is 1. The van der Waals surface area contributed by atoms with Crippen LogP contribution in [-0.4, -0.2) is 6.54 Å². The van der Waals surface area contributed by atoms with E-state index in [1.807, 2.05) is 0 Å². The van der Waals surface area contributed by atoms with Crippen molar-refractivity contribution in [3.8, 4) is 0 Å². The van der Waals surface area contributed by atoms with Crippen LogP contribution >= 0.6 is 0 Å². The largest absolute Gasteiger partial charge is 0.330 e. The van der Waals surface area contributed by atoms with E-state index in [-0.39, 0.29) is 0 Å². The Bertz CT molecular complexity index is 375. The van der Waals surface area contributed by atoms with Gasteiger partial charge in [0.05, 0.1) is 0 Å². The van der Waals surface area contributed by atoms with Crippen molar-refractivity contribution >= 4 is 0 Å². The lowest BCUT2D eigenvalue weighted by atomic mass is 10.0. The highest BCUT2D eigenvalue weighted by molar-refractivity contribution is 4.81. The lowest BCUT2D eigenvalue weighted by Crippen LogP contribution is -1.97. The van der Waals surface area contributed by atoms with Gasteiger partial charge in [-0.15, -0.1) is 0 Å². The predicted molar refractivity (Wildman–Crippen MR) is 162 cm³/mol. The normalized spacial score (nSPS) is 11.7. The van der Waals surface area contributed by atoms with Crippen LogP contribution in [0.5, 0.6) is 0 Å². The Kier molecular flexibility index (Phi) is 33.4. The number of hydrogen-bond donors (Lipinski definition) is 1. The van der Waals surface area contributed by atoms with E-state index in [4.69, 9.17) is 5.73 Å². The molecule has 0 aliphatic rings. The van der Waals surface area contributed by atoms with Crippen LogP contribution < -0.4 is 5.73 Å². The molecule has 0 aromatic rings. The van der Waals surface area contributed by atoms with Crippen molar-refractivity contribution in [2.45, 2.75) is 200 Å². The summed E-state index contributed by atoms with van der Waals surface area (Å²) < 4.78 is 0. The second kappa shape index (κ2) is 33.7. The Hall–Kier alpha value is -0.300. The average Bonchev–Trinajstić information content (AvgIpc) is 2.87. The van der Waals surface area contributed by atoms with Crippen LogP contribution in [0.15, 0.2) is 12.2 Å². The molecule has 0 radical (unpaired) electrons. The highest BCUT2D eigenvalue weighted by Crippen LogP contribution is 2.15. The van der Waals surface area contributed by atoms with Crippen LogP contribution in [0.3, 0.4) is 0 Å². The number of rotatable bonds is 31. The van der Waals surface area contributed by atoms with E-state index in [2.05, 4.69) is 19.1 Å². The molecule has 2 N–H and O–H groups in total. The zero-order valence-electron chi connectivity index (χ0n) is 24.7. The van der Waals surface area contributed by atoms with Gasteiger partial charge >= 0.3 is 0 Å². The van der Waals surface area contributed by atoms with Crippen molar-refractivity contribution in [1.82, 2.24) is 0 Å². The fourth-order valence-corrected chi connectivity index (χ4v) is 5.22. The molecule has 0 atom stereocenters. The van der Waals surface area contributed by atoms with Crippen LogP contribution in [0.4, 0.5) is 0 Å². The van der Waals surface area contributed by atoms with Gasteiger partial charge in [-0.05, 0) is 38.6 Å². The second-order valence-corrected chi connectivity index (χ2v) is 11.4. The molecule has 210 valence electrons. The average molecular weight is 492 g/mol. The molecule has 0 rings (SSSR count). The molecule has 0 spiro atoms. The maximum Gasteiger partial charge on any atom is -0.00773 e. The monoisotopic (exact) mass is 492 g/mol. The third kappa shape index (κ3) is 33.7. The minimum Gasteiger partial charge on any atom is -0.330 e. The summed E-state index contributed by atoms with van der Waals surface area (Å²) in [5.41, 5.74) is 5.53. The molecule has 0 bridgehead atoms. The second-order valence-electron chi connectivity index (χ2n) is 11.4. The van der Waals surface area contributed by atoms with Gasteiger partial charge in [0.1, 0.15) is 0 Å². The molecule has 1 nitrogen and oxygen atoms in total. The molecule has 0 aliphatic carbocycles. The van der Waals surface area contributed by atoms with Crippen molar-refractivity contribution in [2.24, 2.45) is 5.73 Å². The third-order valence-electron chi connectivity index (χ3n) is 7.72. The van der Waals surface area contributed by atoms with E-state index in [0.29, 0.717) is 0 Å². The van der Waals surface area contributed by atoms with Gasteiger partial charge in [-0.25, -0.2) is 0 Å². The molecule has 0 fully saturated rings. The molecule has 0 aromatic heterocycles. The smallest absolute Gasteiger partial charge is 0.00773 e. The van der Waals surface area contributed by atoms with Gasteiger partial charge in [0, 0.05) is 0 Å². The minimum absolute atomic E-state index is 0.863. The Morgan fingerprint density at radius 3 is 0.800 bits per heavy atom. The molecule has 0 heterocycles. The van der Waals surface area contributed by atoms with E-state index in [9.17, 15) is 0 Å². The van der Waals surface area contributed by atoms with Crippen molar-refractivity contribution in [3.63, 3.8) is 0 Å². The summed E-state index contributed by atoms with van der Waals surface area (Å²) in [7, 11) is 0. The maximum absolute atomic E-state index is 5.53. The Labute approximate surface area is 223 Å². The van der Waals surface area contributed by atoms with E-state index in [0.717, 1.165) is 6.54 Å². The third-order valence-corrected chi connectivity index (χ3v) is 7.72. The SMILES string of the molecule is CCCCCCCCCCCCCCCCCCCCCCCCC=CCCCCCCCCN. The molecular formula is C34H69N. The summed E-state index contributed by atoms with van der Waals surface area (Å²) in [5.74, 6) is 0. The lowest BCUT2D eigenvalue weighted by Gasteiger charge is -2.04. The molecule has 0 aliphatic heterocycles. The molecule has 0 aromatic carbocycles. The Morgan fingerprint density at radius 1 is 0.314 bits per heavy atom. The lowest BCUT2D eigenvalue weighted by molar-refractivity contribution is 0.519. The van der Waals surface area contributed by atoms with Crippen molar-refractivity contribution in [1.29, 1.82) is 0 Å². The van der Waals surface area contributed by atoms with Crippen LogP contribution in [-0.2, 0) is 0 Å². The first-order valence-electron chi connectivity index (χ1n) is 16.8. The summed E-state index contributed by atoms with van der Waals surface area (Å²) in [5, 5.41) is 0. The first-order chi connectivity index (χ1) is 17.4. The molecule has 0 saturated carbocycles. The number of allylic oxidation sites excluding steroid dienone is 2. The molecule has 35 heavy (non-hydrogen) atoms. The van der Waals surface area contributed by atoms with Crippen molar-refractivity contribution < 1.29 is 0 Å². The summed E-state index contributed by atoms with van der Waals surface area (Å²) in [6.45, 7) is 3.17. The van der Waals surface area contributed by atoms with Crippen LogP contribution in [0.2, 0.25) is 0 Å². The van der Waals surface area contributed by atoms with Crippen LogP contribution in [0.1, 0.15) is 200 Å². The standard InChI is InChI=1S/C34H69N/c1-2-3-4-5-6-7-8-9-10-11-12-13-14-15-16-17-18-19-20-21-22-23-24-25-26-27-28-29-30-31-32-33-34-35/h25-26H,2-24,27-35H2,1H3. The van der Waals surface area contributed by atoms with E-state index >= 15 is 0 Å². The van der Waals surface area contributed by atoms with Gasteiger partial charge in [0.15, 0.2) is 0 Å². The fraction of sp³-hybridized carbons (Fsp3) is 0.941. The Balaban J connectivity index is 3.05. The van der Waals surface area contributed by atoms with Gasteiger partial charge < -0.3 is 5.73 Å². The van der Waals surface area contributed by atoms with Gasteiger partial charge in [-0.3, -0.25) is 0 Å². The van der Waals surface area contributed by atoms with Gasteiger partial charge in [-0.2, -0.15) is 0 Å². The summed E-state index contributed by atoms with van der Waals surface area (Å²) in [6, 6.07) is 0. The zero-order valence-corrected chi connectivity index (χ0v) is 24.7. The molecule has 0 saturated heterocycles. The maximum atomic E-state index is 5.53. The molecule has 1 heteroatoms. The minimum atomic E-state index is 0.863. The summed E-state index contributed by atoms with van der Waals surface area (Å²) >= 11 is 0. The summed E-state index contributed by atoms with van der Waals surface area (Å²) in [4.78, 5) is 0. The predicted octanol–water partition coefficient (Wildman–Crippen LogP) is 12.2. The number of nitrogens with two attached hydrogens (primary N) is 1. The first kappa shape index (κ1) is 34.7. The van der Waals surface area contributed by atoms with Crippen LogP contribution in [0.25, 0.3) is 0 Å². The topological polar surface area (TPSA) is 26.0 Å². The molecular weight excluding hydrogens is 422 g/mol. The van der Waals surface area contributed by atoms with E-state index in [1.165, 1.54) is 193 Å². The highest BCUT2D eigenvalue weighted by Gasteiger charge is 1.96. The zero-order chi connectivity index (χ0) is 25.3. The van der Waals surface area contributed by atoms with Crippen molar-refractivity contribution in [3.05, 3.63) is 12.2 Å². The van der Waals surface area contributed by atoms with Crippen molar-refractivity contribution in [2.75, 3.05) is 6.54 Å². The van der Waals surface area contributed by atoms with Gasteiger partial charge in [0.2, 0.25) is 0 Å². The quantitative estimate of drug-likeness (QED) is 0.0757. The van der Waals surface area contributed by atoms with E-state index in [1.54, 1.807) is 0 Å². The Morgan fingerprint density at radius 2 is 0.543 bits per heavy atom.